The normalized spacial score (nSPS) is 15.8. The summed E-state index contributed by atoms with van der Waals surface area (Å²) in [4.78, 5) is 8.93. The summed E-state index contributed by atoms with van der Waals surface area (Å²) in [5.41, 5.74) is 1.97. The molecule has 0 bridgehead atoms. The third kappa shape index (κ3) is 1.80. The quantitative estimate of drug-likeness (QED) is 0.836. The molecule has 1 aliphatic carbocycles. The molecule has 16 heavy (non-hydrogen) atoms. The van der Waals surface area contributed by atoms with Crippen molar-refractivity contribution < 1.29 is 0 Å². The van der Waals surface area contributed by atoms with Gasteiger partial charge in [0.25, 0.3) is 0 Å². The van der Waals surface area contributed by atoms with Crippen LogP contribution < -0.4 is 5.32 Å². The third-order valence-corrected chi connectivity index (χ3v) is 3.08. The second-order valence-electron chi connectivity index (χ2n) is 4.41. The summed E-state index contributed by atoms with van der Waals surface area (Å²) in [5, 5.41) is 3.50. The second-order valence-corrected chi connectivity index (χ2v) is 4.41. The molecule has 2 aromatic heterocycles. The molecule has 3 rings (SSSR count). The fraction of sp³-hybridized carbons (Fsp3) is 0.500. The number of fused-ring (bicyclic) bond motifs is 1. The van der Waals surface area contributed by atoms with E-state index >= 15 is 0 Å². The lowest BCUT2D eigenvalue weighted by Crippen LogP contribution is -2.20. The Labute approximate surface area is 94.7 Å². The smallest absolute Gasteiger partial charge is 0.159 e. The Kier molecular flexibility index (Phi) is 2.36. The molecule has 0 aromatic carbocycles. The summed E-state index contributed by atoms with van der Waals surface area (Å²) in [7, 11) is 2.04. The van der Waals surface area contributed by atoms with Crippen LogP contribution in [0.2, 0.25) is 0 Å². The van der Waals surface area contributed by atoms with Gasteiger partial charge in [0, 0.05) is 32.3 Å². The Morgan fingerprint density at radius 2 is 2.38 bits per heavy atom. The van der Waals surface area contributed by atoms with Crippen molar-refractivity contribution in [2.45, 2.75) is 25.3 Å². The van der Waals surface area contributed by atoms with Crippen molar-refractivity contribution in [2.75, 3.05) is 6.54 Å². The Morgan fingerprint density at radius 1 is 1.50 bits per heavy atom. The number of nitrogens with one attached hydrogen (secondary N) is 1. The van der Waals surface area contributed by atoms with Gasteiger partial charge in [0.2, 0.25) is 0 Å². The first-order valence-corrected chi connectivity index (χ1v) is 5.84. The van der Waals surface area contributed by atoms with Gasteiger partial charge in [-0.1, -0.05) is 0 Å². The molecule has 1 N–H and O–H groups in total. The molecule has 2 aromatic rings. The summed E-state index contributed by atoms with van der Waals surface area (Å²) in [6, 6.07) is 4.72. The van der Waals surface area contributed by atoms with Gasteiger partial charge in [-0.2, -0.15) is 0 Å². The standard InChI is InChI=1S/C12H16N4/c1-16-11(6-8-13-9-4-5-9)15-10-3-2-7-14-12(10)16/h2-3,7,9,13H,4-6,8H2,1H3. The van der Waals surface area contributed by atoms with Crippen LogP contribution in [0.25, 0.3) is 11.2 Å². The van der Waals surface area contributed by atoms with Gasteiger partial charge in [0.15, 0.2) is 5.65 Å². The molecule has 0 aliphatic heterocycles. The first-order chi connectivity index (χ1) is 7.84. The highest BCUT2D eigenvalue weighted by Crippen LogP contribution is 2.18. The summed E-state index contributed by atoms with van der Waals surface area (Å²) in [6.45, 7) is 1.02. The Hall–Kier alpha value is -1.42. The van der Waals surface area contributed by atoms with E-state index in [0.717, 1.165) is 36.0 Å². The van der Waals surface area contributed by atoms with Crippen LogP contribution in [-0.2, 0) is 13.5 Å². The number of imidazole rings is 1. The van der Waals surface area contributed by atoms with Crippen LogP contribution in [-0.4, -0.2) is 27.1 Å². The number of aromatic nitrogens is 3. The van der Waals surface area contributed by atoms with E-state index in [1.807, 2.05) is 25.4 Å². The Morgan fingerprint density at radius 3 is 3.12 bits per heavy atom. The zero-order chi connectivity index (χ0) is 11.0. The van der Waals surface area contributed by atoms with Crippen LogP contribution in [0, 0.1) is 0 Å². The molecule has 0 unspecified atom stereocenters. The number of rotatable bonds is 4. The number of aryl methyl sites for hydroxylation is 1. The number of nitrogens with zero attached hydrogens (tertiary/aromatic N) is 3. The first kappa shape index (κ1) is 9.78. The molecule has 84 valence electrons. The maximum absolute atomic E-state index is 4.59. The number of pyridine rings is 1. The van der Waals surface area contributed by atoms with Gasteiger partial charge in [-0.05, 0) is 25.0 Å². The van der Waals surface area contributed by atoms with Gasteiger partial charge in [-0.25, -0.2) is 9.97 Å². The lowest BCUT2D eigenvalue weighted by atomic mass is 10.4. The molecule has 1 saturated carbocycles. The minimum absolute atomic E-state index is 0.771. The Bertz CT molecular complexity index is 499. The van der Waals surface area contributed by atoms with Crippen molar-refractivity contribution in [3.8, 4) is 0 Å². The lowest BCUT2D eigenvalue weighted by molar-refractivity contribution is 0.654. The van der Waals surface area contributed by atoms with Gasteiger partial charge in [0.05, 0.1) is 0 Å². The van der Waals surface area contributed by atoms with Gasteiger partial charge in [0.1, 0.15) is 11.3 Å². The highest BCUT2D eigenvalue weighted by molar-refractivity contribution is 5.70. The van der Waals surface area contributed by atoms with Crippen molar-refractivity contribution in [1.29, 1.82) is 0 Å². The highest BCUT2D eigenvalue weighted by atomic mass is 15.1. The van der Waals surface area contributed by atoms with Crippen molar-refractivity contribution in [3.63, 3.8) is 0 Å². The van der Waals surface area contributed by atoms with E-state index in [2.05, 4.69) is 19.9 Å². The minimum Gasteiger partial charge on any atom is -0.316 e. The fourth-order valence-corrected chi connectivity index (χ4v) is 1.97. The zero-order valence-electron chi connectivity index (χ0n) is 9.48. The van der Waals surface area contributed by atoms with E-state index in [-0.39, 0.29) is 0 Å². The summed E-state index contributed by atoms with van der Waals surface area (Å²) in [6.07, 6.45) is 5.47. The van der Waals surface area contributed by atoms with E-state index in [9.17, 15) is 0 Å². The van der Waals surface area contributed by atoms with E-state index in [1.165, 1.54) is 12.8 Å². The number of hydrogen-bond acceptors (Lipinski definition) is 3. The second kappa shape index (κ2) is 3.87. The van der Waals surface area contributed by atoms with E-state index < -0.39 is 0 Å². The summed E-state index contributed by atoms with van der Waals surface area (Å²) in [5.74, 6) is 1.11. The topological polar surface area (TPSA) is 42.7 Å². The molecular formula is C12H16N4. The fourth-order valence-electron chi connectivity index (χ4n) is 1.97. The van der Waals surface area contributed by atoms with E-state index in [4.69, 9.17) is 0 Å². The molecule has 1 aliphatic rings. The summed E-state index contributed by atoms with van der Waals surface area (Å²) >= 11 is 0. The molecule has 4 heteroatoms. The van der Waals surface area contributed by atoms with Crippen molar-refractivity contribution in [2.24, 2.45) is 7.05 Å². The van der Waals surface area contributed by atoms with Crippen molar-refractivity contribution >= 4 is 11.2 Å². The monoisotopic (exact) mass is 216 g/mol. The van der Waals surface area contributed by atoms with Gasteiger partial charge in [-0.15, -0.1) is 0 Å². The lowest BCUT2D eigenvalue weighted by Gasteiger charge is -2.02. The molecule has 0 atom stereocenters. The SMILES string of the molecule is Cn1c(CCNC2CC2)nc2cccnc21. The molecule has 0 spiro atoms. The highest BCUT2D eigenvalue weighted by Gasteiger charge is 2.20. The predicted octanol–water partition coefficient (Wildman–Crippen LogP) is 1.26. The average Bonchev–Trinajstić information content (AvgIpc) is 3.06. The van der Waals surface area contributed by atoms with Crippen LogP contribution in [0.1, 0.15) is 18.7 Å². The molecule has 4 nitrogen and oxygen atoms in total. The summed E-state index contributed by atoms with van der Waals surface area (Å²) < 4.78 is 2.09. The van der Waals surface area contributed by atoms with Crippen LogP contribution >= 0.6 is 0 Å². The van der Waals surface area contributed by atoms with Crippen LogP contribution in [0.3, 0.4) is 0 Å². The minimum atomic E-state index is 0.771. The van der Waals surface area contributed by atoms with Gasteiger partial charge >= 0.3 is 0 Å². The average molecular weight is 216 g/mol. The van der Waals surface area contributed by atoms with Crippen LogP contribution in [0.4, 0.5) is 0 Å². The Balaban J connectivity index is 1.77. The van der Waals surface area contributed by atoms with E-state index in [0.29, 0.717) is 0 Å². The first-order valence-electron chi connectivity index (χ1n) is 5.84. The predicted molar refractivity (Wildman–Crippen MR) is 63.2 cm³/mol. The molecule has 0 saturated heterocycles. The molecular weight excluding hydrogens is 200 g/mol. The zero-order valence-corrected chi connectivity index (χ0v) is 9.48. The van der Waals surface area contributed by atoms with E-state index in [1.54, 1.807) is 0 Å². The van der Waals surface area contributed by atoms with Crippen LogP contribution in [0.5, 0.6) is 0 Å². The van der Waals surface area contributed by atoms with Crippen molar-refractivity contribution in [3.05, 3.63) is 24.2 Å². The van der Waals surface area contributed by atoms with Crippen LogP contribution in [0.15, 0.2) is 18.3 Å². The van der Waals surface area contributed by atoms with Gasteiger partial charge in [-0.3, -0.25) is 0 Å². The molecule has 1 fully saturated rings. The molecule has 0 amide bonds. The molecule has 0 radical (unpaired) electrons. The van der Waals surface area contributed by atoms with Gasteiger partial charge < -0.3 is 9.88 Å². The largest absolute Gasteiger partial charge is 0.316 e. The van der Waals surface area contributed by atoms with Crippen molar-refractivity contribution in [1.82, 2.24) is 19.9 Å². The third-order valence-electron chi connectivity index (χ3n) is 3.08. The number of hydrogen-bond donors (Lipinski definition) is 1. The molecule has 2 heterocycles. The maximum atomic E-state index is 4.59. The maximum Gasteiger partial charge on any atom is 0.159 e.